The molecule has 0 atom stereocenters. The molecule has 1 amide bonds. The number of carbonyl (C=O) groups is 1. The maximum Gasteiger partial charge on any atom is 0.272 e. The topological polar surface area (TPSA) is 66.9 Å². The molecule has 0 saturated carbocycles. The molecule has 0 bridgehead atoms. The predicted octanol–water partition coefficient (Wildman–Crippen LogP) is 3.94. The second kappa shape index (κ2) is 7.72. The van der Waals surface area contributed by atoms with E-state index in [9.17, 15) is 9.18 Å². The molecular formula is C18H14ClFN4O. The molecule has 1 heterocycles. The third-order valence-corrected chi connectivity index (χ3v) is 3.73. The summed E-state index contributed by atoms with van der Waals surface area (Å²) >= 11 is 6.07. The van der Waals surface area contributed by atoms with Crippen LogP contribution in [0, 0.1) is 5.82 Å². The summed E-state index contributed by atoms with van der Waals surface area (Å²) in [6.45, 7) is 0.278. The first-order chi connectivity index (χ1) is 12.1. The number of nitrogens with one attached hydrogen (secondary N) is 2. The second-order valence-electron chi connectivity index (χ2n) is 5.22. The number of hydrogen-bond acceptors (Lipinski definition) is 4. The summed E-state index contributed by atoms with van der Waals surface area (Å²) in [4.78, 5) is 12.1. The van der Waals surface area contributed by atoms with E-state index < -0.39 is 0 Å². The van der Waals surface area contributed by atoms with Crippen LogP contribution in [0.15, 0.2) is 60.7 Å². The summed E-state index contributed by atoms with van der Waals surface area (Å²) in [7, 11) is 0. The van der Waals surface area contributed by atoms with Crippen LogP contribution in [0.3, 0.4) is 0 Å². The maximum atomic E-state index is 12.8. The van der Waals surface area contributed by atoms with E-state index in [0.29, 0.717) is 16.5 Å². The van der Waals surface area contributed by atoms with Gasteiger partial charge in [0.2, 0.25) is 0 Å². The van der Waals surface area contributed by atoms with Crippen molar-refractivity contribution in [2.24, 2.45) is 0 Å². The van der Waals surface area contributed by atoms with Gasteiger partial charge in [-0.15, -0.1) is 10.2 Å². The Balaban J connectivity index is 1.60. The molecule has 0 radical (unpaired) electrons. The van der Waals surface area contributed by atoms with Gasteiger partial charge in [0.25, 0.3) is 5.91 Å². The monoisotopic (exact) mass is 356 g/mol. The fraction of sp³-hybridized carbons (Fsp3) is 0.0556. The highest BCUT2D eigenvalue weighted by Crippen LogP contribution is 2.23. The average Bonchev–Trinajstić information content (AvgIpc) is 2.63. The zero-order chi connectivity index (χ0) is 17.6. The van der Waals surface area contributed by atoms with Crippen LogP contribution in [-0.4, -0.2) is 16.1 Å². The van der Waals surface area contributed by atoms with Crippen LogP contribution >= 0.6 is 11.6 Å². The molecule has 2 aromatic carbocycles. The van der Waals surface area contributed by atoms with Crippen molar-refractivity contribution < 1.29 is 9.18 Å². The van der Waals surface area contributed by atoms with Crippen molar-refractivity contribution in [2.75, 3.05) is 5.32 Å². The molecule has 3 aromatic rings. The van der Waals surface area contributed by atoms with E-state index in [1.807, 2.05) is 18.2 Å². The van der Waals surface area contributed by atoms with Gasteiger partial charge in [0.1, 0.15) is 5.82 Å². The molecule has 7 heteroatoms. The number of benzene rings is 2. The third kappa shape index (κ3) is 4.51. The Labute approximate surface area is 148 Å². The number of carbonyl (C=O) groups excluding carboxylic acids is 1. The first kappa shape index (κ1) is 16.9. The number of anilines is 2. The van der Waals surface area contributed by atoms with E-state index in [0.717, 1.165) is 5.56 Å². The van der Waals surface area contributed by atoms with E-state index in [1.54, 1.807) is 30.3 Å². The van der Waals surface area contributed by atoms with Crippen molar-refractivity contribution in [3.63, 3.8) is 0 Å². The van der Waals surface area contributed by atoms with Crippen molar-refractivity contribution in [3.8, 4) is 0 Å². The van der Waals surface area contributed by atoms with Gasteiger partial charge in [-0.2, -0.15) is 0 Å². The molecule has 0 aliphatic heterocycles. The van der Waals surface area contributed by atoms with Crippen LogP contribution in [0.4, 0.5) is 15.9 Å². The van der Waals surface area contributed by atoms with Crippen LogP contribution in [-0.2, 0) is 6.54 Å². The minimum Gasteiger partial charge on any atom is -0.347 e. The largest absolute Gasteiger partial charge is 0.347 e. The Morgan fingerprint density at radius 2 is 1.76 bits per heavy atom. The average molecular weight is 357 g/mol. The van der Waals surface area contributed by atoms with Gasteiger partial charge in [-0.05, 0) is 42.0 Å². The van der Waals surface area contributed by atoms with E-state index in [1.165, 1.54) is 12.1 Å². The fourth-order valence-corrected chi connectivity index (χ4v) is 2.28. The molecule has 2 N–H and O–H groups in total. The second-order valence-corrected chi connectivity index (χ2v) is 5.63. The molecule has 3 rings (SSSR count). The van der Waals surface area contributed by atoms with Crippen molar-refractivity contribution in [3.05, 3.63) is 82.8 Å². The number of halogens is 2. The Hall–Kier alpha value is -2.99. The first-order valence-corrected chi connectivity index (χ1v) is 7.87. The molecule has 0 fully saturated rings. The van der Waals surface area contributed by atoms with Gasteiger partial charge in [-0.3, -0.25) is 4.79 Å². The quantitative estimate of drug-likeness (QED) is 0.726. The number of amides is 1. The molecular weight excluding hydrogens is 343 g/mol. The number of rotatable bonds is 5. The van der Waals surface area contributed by atoms with Crippen molar-refractivity contribution in [1.29, 1.82) is 0 Å². The zero-order valence-corrected chi connectivity index (χ0v) is 13.8. The van der Waals surface area contributed by atoms with Gasteiger partial charge in [0.05, 0.1) is 10.7 Å². The van der Waals surface area contributed by atoms with Gasteiger partial charge in [0.15, 0.2) is 11.5 Å². The first-order valence-electron chi connectivity index (χ1n) is 7.50. The van der Waals surface area contributed by atoms with Gasteiger partial charge < -0.3 is 10.6 Å². The van der Waals surface area contributed by atoms with E-state index in [4.69, 9.17) is 11.6 Å². The summed E-state index contributed by atoms with van der Waals surface area (Å²) in [6, 6.07) is 16.4. The van der Waals surface area contributed by atoms with Crippen molar-refractivity contribution >= 4 is 29.0 Å². The van der Waals surface area contributed by atoms with E-state index in [-0.39, 0.29) is 24.0 Å². The van der Waals surface area contributed by atoms with Crippen LogP contribution < -0.4 is 10.6 Å². The standard InChI is InChI=1S/C18H14ClFN4O/c19-14-3-1-2-4-15(14)22-17-10-9-16(23-24-17)18(25)21-11-12-5-7-13(20)8-6-12/h1-10H,11H2,(H,21,25)(H,22,24). The van der Waals surface area contributed by atoms with E-state index >= 15 is 0 Å². The van der Waals surface area contributed by atoms with Crippen LogP contribution in [0.25, 0.3) is 0 Å². The highest BCUT2D eigenvalue weighted by Gasteiger charge is 2.09. The lowest BCUT2D eigenvalue weighted by molar-refractivity contribution is 0.0945. The Morgan fingerprint density at radius 3 is 2.44 bits per heavy atom. The molecule has 0 unspecified atom stereocenters. The zero-order valence-electron chi connectivity index (χ0n) is 13.0. The molecule has 25 heavy (non-hydrogen) atoms. The minimum atomic E-state index is -0.360. The number of para-hydroxylation sites is 1. The Kier molecular flexibility index (Phi) is 5.20. The maximum absolute atomic E-state index is 12.8. The van der Waals surface area contributed by atoms with Crippen LogP contribution in [0.1, 0.15) is 16.1 Å². The number of aromatic nitrogens is 2. The SMILES string of the molecule is O=C(NCc1ccc(F)cc1)c1ccc(Nc2ccccc2Cl)nn1. The van der Waals surface area contributed by atoms with E-state index in [2.05, 4.69) is 20.8 Å². The number of hydrogen-bond donors (Lipinski definition) is 2. The lowest BCUT2D eigenvalue weighted by atomic mass is 10.2. The van der Waals surface area contributed by atoms with Gasteiger partial charge in [0, 0.05) is 6.54 Å². The highest BCUT2D eigenvalue weighted by atomic mass is 35.5. The lowest BCUT2D eigenvalue weighted by Gasteiger charge is -2.08. The summed E-state index contributed by atoms with van der Waals surface area (Å²) in [5.74, 6) is -0.202. The Bertz CT molecular complexity index is 869. The van der Waals surface area contributed by atoms with Crippen LogP contribution in [0.2, 0.25) is 5.02 Å². The molecule has 126 valence electrons. The Morgan fingerprint density at radius 1 is 1.00 bits per heavy atom. The molecule has 0 spiro atoms. The molecule has 1 aromatic heterocycles. The smallest absolute Gasteiger partial charge is 0.272 e. The summed E-state index contributed by atoms with van der Waals surface area (Å²) < 4.78 is 12.8. The van der Waals surface area contributed by atoms with Crippen molar-refractivity contribution in [1.82, 2.24) is 15.5 Å². The summed E-state index contributed by atoms with van der Waals surface area (Å²) in [5, 5.41) is 14.2. The lowest BCUT2D eigenvalue weighted by Crippen LogP contribution is -2.24. The van der Waals surface area contributed by atoms with Crippen molar-refractivity contribution in [2.45, 2.75) is 6.54 Å². The minimum absolute atomic E-state index is 0.187. The molecule has 0 saturated heterocycles. The highest BCUT2D eigenvalue weighted by molar-refractivity contribution is 6.33. The molecule has 5 nitrogen and oxygen atoms in total. The summed E-state index contributed by atoms with van der Waals surface area (Å²) in [5.41, 5.74) is 1.68. The third-order valence-electron chi connectivity index (χ3n) is 3.40. The van der Waals surface area contributed by atoms with Gasteiger partial charge >= 0.3 is 0 Å². The number of nitrogens with zero attached hydrogens (tertiary/aromatic N) is 2. The fourth-order valence-electron chi connectivity index (χ4n) is 2.10. The molecule has 0 aliphatic carbocycles. The predicted molar refractivity (Wildman–Crippen MR) is 94.3 cm³/mol. The van der Waals surface area contributed by atoms with Gasteiger partial charge in [-0.1, -0.05) is 35.9 Å². The molecule has 0 aliphatic rings. The summed E-state index contributed by atoms with van der Waals surface area (Å²) in [6.07, 6.45) is 0. The van der Waals surface area contributed by atoms with Crippen LogP contribution in [0.5, 0.6) is 0 Å². The van der Waals surface area contributed by atoms with Gasteiger partial charge in [-0.25, -0.2) is 4.39 Å². The normalized spacial score (nSPS) is 10.3.